The molecule has 0 saturated heterocycles. The molecular weight excluding hydrogens is 155 g/mol. The number of hydrogen-bond acceptors (Lipinski definition) is 1. The fourth-order valence-corrected chi connectivity index (χ4v) is 0.794. The molecule has 0 aromatic heterocycles. The van der Waals surface area contributed by atoms with Crippen LogP contribution in [0.3, 0.4) is 0 Å². The lowest BCUT2D eigenvalue weighted by molar-refractivity contribution is 0.468. The number of rotatable bonds is 0. The van der Waals surface area contributed by atoms with Crippen LogP contribution in [-0.4, -0.2) is 5.11 Å². The Bertz CT molecular complexity index is 210. The first-order chi connectivity index (χ1) is 4.61. The third-order valence-electron chi connectivity index (χ3n) is 1.24. The topological polar surface area (TPSA) is 20.2 Å². The molecule has 54 valence electrons. The van der Waals surface area contributed by atoms with Gasteiger partial charge in [-0.25, -0.2) is 4.39 Å². The zero-order chi connectivity index (χ0) is 7.72. The smallest absolute Gasteiger partial charge is 0.142 e. The second kappa shape index (κ2) is 2.46. The van der Waals surface area contributed by atoms with Crippen molar-refractivity contribution < 1.29 is 9.50 Å². The van der Waals surface area contributed by atoms with Crippen LogP contribution in [0.15, 0.2) is 12.1 Å². The summed E-state index contributed by atoms with van der Waals surface area (Å²) < 4.78 is 12.5. The summed E-state index contributed by atoms with van der Waals surface area (Å²) >= 11 is 5.35. The SMILES string of the molecule is Cc1cc(F)c(Cl)cc1O. The average molecular weight is 161 g/mol. The fourth-order valence-electron chi connectivity index (χ4n) is 0.636. The van der Waals surface area contributed by atoms with Crippen molar-refractivity contribution in [2.75, 3.05) is 0 Å². The van der Waals surface area contributed by atoms with Crippen LogP contribution >= 0.6 is 11.6 Å². The van der Waals surface area contributed by atoms with Crippen LogP contribution in [0.2, 0.25) is 5.02 Å². The standard InChI is InChI=1S/C7H6ClFO/c1-4-2-6(9)5(8)3-7(4)10/h2-3,10H,1H3. The van der Waals surface area contributed by atoms with Gasteiger partial charge in [-0.2, -0.15) is 0 Å². The van der Waals surface area contributed by atoms with Gasteiger partial charge in [-0.3, -0.25) is 0 Å². The van der Waals surface area contributed by atoms with Crippen LogP contribution in [-0.2, 0) is 0 Å². The number of phenols is 1. The minimum absolute atomic E-state index is 0.0198. The van der Waals surface area contributed by atoms with Crippen LogP contribution in [0, 0.1) is 12.7 Å². The van der Waals surface area contributed by atoms with Gasteiger partial charge in [0.2, 0.25) is 0 Å². The lowest BCUT2D eigenvalue weighted by atomic mass is 10.2. The molecule has 0 fully saturated rings. The van der Waals surface area contributed by atoms with Gasteiger partial charge in [-0.15, -0.1) is 0 Å². The molecular formula is C7H6ClFO. The molecule has 0 aliphatic rings. The van der Waals surface area contributed by atoms with Gasteiger partial charge in [0.05, 0.1) is 5.02 Å². The van der Waals surface area contributed by atoms with E-state index in [4.69, 9.17) is 16.7 Å². The Kier molecular flexibility index (Phi) is 1.81. The van der Waals surface area contributed by atoms with Gasteiger partial charge in [0, 0.05) is 6.07 Å². The van der Waals surface area contributed by atoms with E-state index in [9.17, 15) is 4.39 Å². The minimum atomic E-state index is -0.503. The number of aryl methyl sites for hydroxylation is 1. The molecule has 1 aromatic rings. The quantitative estimate of drug-likeness (QED) is 0.618. The van der Waals surface area contributed by atoms with Crippen molar-refractivity contribution in [3.05, 3.63) is 28.5 Å². The van der Waals surface area contributed by atoms with Crippen molar-refractivity contribution in [1.82, 2.24) is 0 Å². The molecule has 0 radical (unpaired) electrons. The Morgan fingerprint density at radius 2 is 2.10 bits per heavy atom. The van der Waals surface area contributed by atoms with Crippen LogP contribution < -0.4 is 0 Å². The van der Waals surface area contributed by atoms with Crippen LogP contribution in [0.5, 0.6) is 5.75 Å². The summed E-state index contributed by atoms with van der Waals surface area (Å²) in [7, 11) is 0. The van der Waals surface area contributed by atoms with E-state index in [1.165, 1.54) is 12.1 Å². The lowest BCUT2D eigenvalue weighted by Gasteiger charge is -1.98. The van der Waals surface area contributed by atoms with E-state index in [2.05, 4.69) is 0 Å². The van der Waals surface area contributed by atoms with Crippen molar-refractivity contribution in [3.8, 4) is 5.75 Å². The molecule has 0 atom stereocenters. The number of phenolic OH excluding ortho intramolecular Hbond substituents is 1. The third-order valence-corrected chi connectivity index (χ3v) is 1.53. The van der Waals surface area contributed by atoms with Crippen molar-refractivity contribution in [3.63, 3.8) is 0 Å². The van der Waals surface area contributed by atoms with E-state index >= 15 is 0 Å². The Balaban J connectivity index is 3.28. The first-order valence-electron chi connectivity index (χ1n) is 2.76. The highest BCUT2D eigenvalue weighted by Gasteiger charge is 2.02. The summed E-state index contributed by atoms with van der Waals surface area (Å²) in [5.41, 5.74) is 0.488. The molecule has 0 heterocycles. The highest BCUT2D eigenvalue weighted by molar-refractivity contribution is 6.30. The molecule has 1 N–H and O–H groups in total. The summed E-state index contributed by atoms with van der Waals surface area (Å²) in [6.45, 7) is 1.61. The Morgan fingerprint density at radius 1 is 1.50 bits per heavy atom. The molecule has 1 aromatic carbocycles. The van der Waals surface area contributed by atoms with Crippen molar-refractivity contribution in [1.29, 1.82) is 0 Å². The zero-order valence-electron chi connectivity index (χ0n) is 5.36. The molecule has 0 unspecified atom stereocenters. The Morgan fingerprint density at radius 3 is 2.60 bits per heavy atom. The number of aromatic hydroxyl groups is 1. The van der Waals surface area contributed by atoms with Gasteiger partial charge in [-0.05, 0) is 18.6 Å². The van der Waals surface area contributed by atoms with Crippen LogP contribution in [0.4, 0.5) is 4.39 Å². The molecule has 1 nitrogen and oxygen atoms in total. The van der Waals surface area contributed by atoms with Gasteiger partial charge < -0.3 is 5.11 Å². The molecule has 1 rings (SSSR count). The highest BCUT2D eigenvalue weighted by Crippen LogP contribution is 2.23. The molecule has 3 heteroatoms. The van der Waals surface area contributed by atoms with E-state index in [1.54, 1.807) is 6.92 Å². The van der Waals surface area contributed by atoms with E-state index in [0.717, 1.165) is 0 Å². The maximum Gasteiger partial charge on any atom is 0.142 e. The molecule has 0 saturated carbocycles. The Labute approximate surface area is 63.1 Å². The first-order valence-corrected chi connectivity index (χ1v) is 3.13. The van der Waals surface area contributed by atoms with Crippen LogP contribution in [0.1, 0.15) is 5.56 Å². The minimum Gasteiger partial charge on any atom is -0.508 e. The van der Waals surface area contributed by atoms with E-state index in [1.807, 2.05) is 0 Å². The number of halogens is 2. The summed E-state index contributed by atoms with van der Waals surface area (Å²) in [4.78, 5) is 0. The highest BCUT2D eigenvalue weighted by atomic mass is 35.5. The number of hydrogen-bond donors (Lipinski definition) is 1. The van der Waals surface area contributed by atoms with E-state index in [-0.39, 0.29) is 10.8 Å². The third kappa shape index (κ3) is 1.21. The van der Waals surface area contributed by atoms with Gasteiger partial charge in [-0.1, -0.05) is 11.6 Å². The normalized spacial score (nSPS) is 9.90. The van der Waals surface area contributed by atoms with Gasteiger partial charge in [0.25, 0.3) is 0 Å². The lowest BCUT2D eigenvalue weighted by Crippen LogP contribution is -1.79. The number of benzene rings is 1. The predicted molar refractivity (Wildman–Crippen MR) is 37.8 cm³/mol. The van der Waals surface area contributed by atoms with Crippen molar-refractivity contribution >= 4 is 11.6 Å². The van der Waals surface area contributed by atoms with E-state index in [0.29, 0.717) is 5.56 Å². The summed E-state index contributed by atoms with van der Waals surface area (Å²) in [6, 6.07) is 2.38. The molecule has 0 spiro atoms. The first kappa shape index (κ1) is 7.35. The fraction of sp³-hybridized carbons (Fsp3) is 0.143. The largest absolute Gasteiger partial charge is 0.508 e. The van der Waals surface area contributed by atoms with E-state index < -0.39 is 5.82 Å². The predicted octanol–water partition coefficient (Wildman–Crippen LogP) is 2.49. The zero-order valence-corrected chi connectivity index (χ0v) is 6.11. The van der Waals surface area contributed by atoms with Crippen LogP contribution in [0.25, 0.3) is 0 Å². The molecule has 10 heavy (non-hydrogen) atoms. The maximum atomic E-state index is 12.5. The second-order valence-electron chi connectivity index (χ2n) is 2.05. The average Bonchev–Trinajstić information content (AvgIpc) is 1.84. The van der Waals surface area contributed by atoms with Gasteiger partial charge >= 0.3 is 0 Å². The molecule has 0 aliphatic heterocycles. The Hall–Kier alpha value is -0.760. The molecule has 0 aliphatic carbocycles. The second-order valence-corrected chi connectivity index (χ2v) is 2.46. The van der Waals surface area contributed by atoms with Gasteiger partial charge in [0.1, 0.15) is 11.6 Å². The summed E-state index contributed by atoms with van der Waals surface area (Å²) in [5, 5.41) is 8.92. The van der Waals surface area contributed by atoms with Crippen molar-refractivity contribution in [2.45, 2.75) is 6.92 Å². The monoisotopic (exact) mass is 160 g/mol. The van der Waals surface area contributed by atoms with Crippen molar-refractivity contribution in [2.24, 2.45) is 0 Å². The molecule has 0 amide bonds. The van der Waals surface area contributed by atoms with Gasteiger partial charge in [0.15, 0.2) is 0 Å². The summed E-state index contributed by atoms with van der Waals surface area (Å²) in [5.74, 6) is -0.483. The summed E-state index contributed by atoms with van der Waals surface area (Å²) in [6.07, 6.45) is 0. The maximum absolute atomic E-state index is 12.5. The molecule has 0 bridgehead atoms.